The van der Waals surface area contributed by atoms with Crippen LogP contribution in [0.2, 0.25) is 0 Å². The van der Waals surface area contributed by atoms with Crippen molar-refractivity contribution in [2.75, 3.05) is 6.54 Å². The Kier molecular flexibility index (Phi) is 5.02. The highest BCUT2D eigenvalue weighted by atomic mass is 32.1. The summed E-state index contributed by atoms with van der Waals surface area (Å²) in [5.74, 6) is 0.492. The lowest BCUT2D eigenvalue weighted by molar-refractivity contribution is -0.121. The fourth-order valence-corrected chi connectivity index (χ4v) is 3.62. The van der Waals surface area contributed by atoms with E-state index in [1.54, 1.807) is 0 Å². The second-order valence-electron chi connectivity index (χ2n) is 6.07. The van der Waals surface area contributed by atoms with Gasteiger partial charge in [-0.25, -0.2) is 9.97 Å². The summed E-state index contributed by atoms with van der Waals surface area (Å²) < 4.78 is 0. The molecule has 8 heteroatoms. The van der Waals surface area contributed by atoms with E-state index in [-0.39, 0.29) is 12.3 Å². The predicted octanol–water partition coefficient (Wildman–Crippen LogP) is 1.67. The number of carbonyl (C=O) groups is 1. The summed E-state index contributed by atoms with van der Waals surface area (Å²) in [5, 5.41) is 22.5. The van der Waals surface area contributed by atoms with Crippen molar-refractivity contribution in [2.24, 2.45) is 0 Å². The number of aromatic nitrogens is 4. The van der Waals surface area contributed by atoms with E-state index >= 15 is 0 Å². The SMILES string of the molecule is O=C(Cc1csc(-c2ncn[nH]2)n1)NCC1(O)CCCCCC1. The topological polar surface area (TPSA) is 104 Å². The van der Waals surface area contributed by atoms with Crippen molar-refractivity contribution in [3.63, 3.8) is 0 Å². The Hall–Kier alpha value is -1.80. The van der Waals surface area contributed by atoms with Gasteiger partial charge in [-0.2, -0.15) is 5.10 Å². The molecular formula is C15H21N5O2S. The molecule has 0 spiro atoms. The normalized spacial score (nSPS) is 17.6. The lowest BCUT2D eigenvalue weighted by Gasteiger charge is -2.26. The molecule has 0 atom stereocenters. The van der Waals surface area contributed by atoms with Crippen LogP contribution in [0.15, 0.2) is 11.7 Å². The number of nitrogens with one attached hydrogen (secondary N) is 2. The predicted molar refractivity (Wildman–Crippen MR) is 86.9 cm³/mol. The lowest BCUT2D eigenvalue weighted by atomic mass is 9.94. The lowest BCUT2D eigenvalue weighted by Crippen LogP contribution is -2.43. The summed E-state index contributed by atoms with van der Waals surface area (Å²) in [4.78, 5) is 20.5. The molecular weight excluding hydrogens is 314 g/mol. The molecule has 0 saturated heterocycles. The summed E-state index contributed by atoms with van der Waals surface area (Å²) in [6.07, 6.45) is 7.55. The summed E-state index contributed by atoms with van der Waals surface area (Å²) in [7, 11) is 0. The number of H-pyrrole nitrogens is 1. The van der Waals surface area contributed by atoms with E-state index in [0.717, 1.165) is 25.7 Å². The van der Waals surface area contributed by atoms with Gasteiger partial charge in [0.05, 0.1) is 17.7 Å². The van der Waals surface area contributed by atoms with Crippen molar-refractivity contribution in [2.45, 2.75) is 50.5 Å². The first kappa shape index (κ1) is 16.1. The van der Waals surface area contributed by atoms with Gasteiger partial charge in [-0.15, -0.1) is 11.3 Å². The van der Waals surface area contributed by atoms with Crippen molar-refractivity contribution in [1.82, 2.24) is 25.5 Å². The number of hydrogen-bond donors (Lipinski definition) is 3. The first-order valence-electron chi connectivity index (χ1n) is 7.94. The molecule has 7 nitrogen and oxygen atoms in total. The molecule has 3 rings (SSSR count). The zero-order valence-corrected chi connectivity index (χ0v) is 13.7. The third-order valence-corrected chi connectivity index (χ3v) is 5.06. The fraction of sp³-hybridized carbons (Fsp3) is 0.600. The van der Waals surface area contributed by atoms with Crippen LogP contribution in [0, 0.1) is 0 Å². The van der Waals surface area contributed by atoms with Gasteiger partial charge >= 0.3 is 0 Å². The number of rotatable bonds is 5. The zero-order chi connectivity index (χ0) is 16.1. The summed E-state index contributed by atoms with van der Waals surface area (Å²) >= 11 is 1.42. The average Bonchev–Trinajstić information content (AvgIpc) is 3.16. The van der Waals surface area contributed by atoms with Gasteiger partial charge in [0.2, 0.25) is 5.91 Å². The standard InChI is InChI=1S/C15H21N5O2S/c21-12(16-9-15(22)5-3-1-2-4-6-15)7-11-8-23-14(19-11)13-17-10-18-20-13/h8,10,22H,1-7,9H2,(H,16,21)(H,17,18,20). The Morgan fingerprint density at radius 2 is 2.13 bits per heavy atom. The van der Waals surface area contributed by atoms with Crippen molar-refractivity contribution < 1.29 is 9.90 Å². The van der Waals surface area contributed by atoms with Crippen molar-refractivity contribution >= 4 is 17.2 Å². The van der Waals surface area contributed by atoms with Crippen LogP contribution in [0.25, 0.3) is 10.8 Å². The maximum atomic E-state index is 12.1. The maximum absolute atomic E-state index is 12.1. The highest BCUT2D eigenvalue weighted by Crippen LogP contribution is 2.26. The third-order valence-electron chi connectivity index (χ3n) is 4.16. The fourth-order valence-electron chi connectivity index (χ4n) is 2.86. The number of hydrogen-bond acceptors (Lipinski definition) is 6. The number of nitrogens with zero attached hydrogens (tertiary/aromatic N) is 3. The smallest absolute Gasteiger partial charge is 0.226 e. The molecule has 0 aromatic carbocycles. The minimum absolute atomic E-state index is 0.114. The molecule has 23 heavy (non-hydrogen) atoms. The van der Waals surface area contributed by atoms with Crippen LogP contribution >= 0.6 is 11.3 Å². The molecule has 1 amide bonds. The molecule has 1 aliphatic rings. The second kappa shape index (κ2) is 7.18. The third kappa shape index (κ3) is 4.35. The van der Waals surface area contributed by atoms with Gasteiger partial charge in [-0.1, -0.05) is 25.7 Å². The Morgan fingerprint density at radius 1 is 1.35 bits per heavy atom. The van der Waals surface area contributed by atoms with Gasteiger partial charge in [0.1, 0.15) is 6.33 Å². The van der Waals surface area contributed by atoms with Gasteiger partial charge in [0.25, 0.3) is 0 Å². The Balaban J connectivity index is 1.51. The molecule has 0 unspecified atom stereocenters. The van der Waals surface area contributed by atoms with E-state index in [4.69, 9.17) is 0 Å². The minimum atomic E-state index is -0.751. The molecule has 1 saturated carbocycles. The second-order valence-corrected chi connectivity index (χ2v) is 6.93. The number of thiazole rings is 1. The van der Waals surface area contributed by atoms with Gasteiger partial charge in [-0.3, -0.25) is 9.89 Å². The Morgan fingerprint density at radius 3 is 2.83 bits per heavy atom. The van der Waals surface area contributed by atoms with Gasteiger partial charge in [0, 0.05) is 11.9 Å². The average molecular weight is 335 g/mol. The number of aromatic amines is 1. The molecule has 2 aromatic rings. The van der Waals surface area contributed by atoms with E-state index in [2.05, 4.69) is 25.5 Å². The van der Waals surface area contributed by atoms with E-state index in [9.17, 15) is 9.90 Å². The first-order chi connectivity index (χ1) is 11.1. The van der Waals surface area contributed by atoms with Crippen molar-refractivity contribution in [1.29, 1.82) is 0 Å². The van der Waals surface area contributed by atoms with Crippen LogP contribution in [0.5, 0.6) is 0 Å². The van der Waals surface area contributed by atoms with Crippen molar-refractivity contribution in [3.8, 4) is 10.8 Å². The molecule has 3 N–H and O–H groups in total. The van der Waals surface area contributed by atoms with Crippen LogP contribution in [-0.2, 0) is 11.2 Å². The van der Waals surface area contributed by atoms with E-state index in [1.165, 1.54) is 30.5 Å². The maximum Gasteiger partial charge on any atom is 0.226 e. The highest BCUT2D eigenvalue weighted by molar-refractivity contribution is 7.13. The van der Waals surface area contributed by atoms with E-state index in [0.29, 0.717) is 23.1 Å². The van der Waals surface area contributed by atoms with Crippen LogP contribution in [-0.4, -0.2) is 43.3 Å². The monoisotopic (exact) mass is 335 g/mol. The number of aliphatic hydroxyl groups is 1. The molecule has 124 valence electrons. The van der Waals surface area contributed by atoms with Crippen LogP contribution in [0.4, 0.5) is 0 Å². The van der Waals surface area contributed by atoms with Gasteiger partial charge in [0.15, 0.2) is 10.8 Å². The van der Waals surface area contributed by atoms with Crippen LogP contribution in [0.1, 0.15) is 44.2 Å². The van der Waals surface area contributed by atoms with Gasteiger partial charge in [-0.05, 0) is 12.8 Å². The molecule has 0 radical (unpaired) electrons. The highest BCUT2D eigenvalue weighted by Gasteiger charge is 2.28. The minimum Gasteiger partial charge on any atom is -0.388 e. The van der Waals surface area contributed by atoms with Crippen molar-refractivity contribution in [3.05, 3.63) is 17.4 Å². The number of carbonyl (C=O) groups excluding carboxylic acids is 1. The summed E-state index contributed by atoms with van der Waals surface area (Å²) in [6.45, 7) is 0.324. The molecule has 1 fully saturated rings. The molecule has 1 aliphatic carbocycles. The molecule has 0 aliphatic heterocycles. The van der Waals surface area contributed by atoms with Gasteiger partial charge < -0.3 is 10.4 Å². The first-order valence-corrected chi connectivity index (χ1v) is 8.82. The zero-order valence-electron chi connectivity index (χ0n) is 12.9. The molecule has 2 aromatic heterocycles. The van der Waals surface area contributed by atoms with Crippen LogP contribution < -0.4 is 5.32 Å². The largest absolute Gasteiger partial charge is 0.388 e. The summed E-state index contributed by atoms with van der Waals surface area (Å²) in [5.41, 5.74) is -0.0501. The molecule has 0 bridgehead atoms. The van der Waals surface area contributed by atoms with E-state index in [1.807, 2.05) is 5.38 Å². The molecule has 2 heterocycles. The Labute approximate surface area is 138 Å². The quantitative estimate of drug-likeness (QED) is 0.721. The summed E-state index contributed by atoms with van der Waals surface area (Å²) in [6, 6.07) is 0. The number of amides is 1. The van der Waals surface area contributed by atoms with Crippen LogP contribution in [0.3, 0.4) is 0 Å². The Bertz CT molecular complexity index is 632. The van der Waals surface area contributed by atoms with E-state index < -0.39 is 5.60 Å².